The number of carbonyl (C=O) groups excluding carboxylic acids is 1. The second-order valence-corrected chi connectivity index (χ2v) is 6.80. The van der Waals surface area contributed by atoms with Gasteiger partial charge in [0.15, 0.2) is 0 Å². The minimum atomic E-state index is -0.444. The van der Waals surface area contributed by atoms with Crippen molar-refractivity contribution in [1.82, 2.24) is 15.1 Å². The quantitative estimate of drug-likeness (QED) is 0.893. The van der Waals surface area contributed by atoms with E-state index in [0.717, 1.165) is 5.56 Å². The van der Waals surface area contributed by atoms with E-state index >= 15 is 0 Å². The molecule has 0 radical (unpaired) electrons. The Bertz CT molecular complexity index is 803. The van der Waals surface area contributed by atoms with Crippen LogP contribution in [0.2, 0.25) is 0 Å². The summed E-state index contributed by atoms with van der Waals surface area (Å²) in [7, 11) is 0. The standard InChI is InChI=1S/C17H20N4O3/c1-10-3-4-12(5-11(10)2)14(22)21-6-13-7-23-9-17(13,8-21)15-19-20-16(18)24-15/h3-5,13H,6-9H2,1-2H3,(H2,18,20)/t13-,17-/m0/s1. The number of anilines is 1. The lowest BCUT2D eigenvalue weighted by atomic mass is 9.81. The highest BCUT2D eigenvalue weighted by molar-refractivity contribution is 5.94. The summed E-state index contributed by atoms with van der Waals surface area (Å²) < 4.78 is 11.1. The average molecular weight is 328 g/mol. The van der Waals surface area contributed by atoms with Gasteiger partial charge in [-0.25, -0.2) is 0 Å². The number of hydrogen-bond donors (Lipinski definition) is 1. The smallest absolute Gasteiger partial charge is 0.312 e. The van der Waals surface area contributed by atoms with Crippen molar-refractivity contribution in [3.05, 3.63) is 40.8 Å². The first kappa shape index (κ1) is 15.1. The highest BCUT2D eigenvalue weighted by Crippen LogP contribution is 2.43. The summed E-state index contributed by atoms with van der Waals surface area (Å²) in [6.45, 7) is 6.23. The van der Waals surface area contributed by atoms with E-state index in [1.54, 1.807) is 0 Å². The number of aromatic nitrogens is 2. The molecule has 126 valence electrons. The highest BCUT2D eigenvalue weighted by Gasteiger charge is 2.56. The molecule has 0 spiro atoms. The molecule has 7 heteroatoms. The van der Waals surface area contributed by atoms with Crippen molar-refractivity contribution >= 4 is 11.9 Å². The van der Waals surface area contributed by atoms with Crippen molar-refractivity contribution < 1.29 is 13.9 Å². The lowest BCUT2D eigenvalue weighted by Gasteiger charge is -2.23. The number of rotatable bonds is 2. The van der Waals surface area contributed by atoms with Crippen LogP contribution in [0.3, 0.4) is 0 Å². The van der Waals surface area contributed by atoms with Crippen LogP contribution in [0, 0.1) is 19.8 Å². The van der Waals surface area contributed by atoms with Crippen LogP contribution in [-0.4, -0.2) is 47.3 Å². The predicted molar refractivity (Wildman–Crippen MR) is 86.5 cm³/mol. The molecule has 0 unspecified atom stereocenters. The number of hydrogen-bond acceptors (Lipinski definition) is 6. The molecule has 7 nitrogen and oxygen atoms in total. The number of nitrogens with zero attached hydrogens (tertiary/aromatic N) is 3. The summed E-state index contributed by atoms with van der Waals surface area (Å²) in [5, 5.41) is 7.83. The van der Waals surface area contributed by atoms with Gasteiger partial charge in [0.25, 0.3) is 5.91 Å². The van der Waals surface area contributed by atoms with E-state index in [4.69, 9.17) is 14.9 Å². The Balaban J connectivity index is 1.63. The van der Waals surface area contributed by atoms with Gasteiger partial charge in [0.05, 0.1) is 18.6 Å². The highest BCUT2D eigenvalue weighted by atomic mass is 16.5. The molecule has 0 aliphatic carbocycles. The lowest BCUT2D eigenvalue weighted by Crippen LogP contribution is -2.37. The van der Waals surface area contributed by atoms with Crippen molar-refractivity contribution in [3.8, 4) is 0 Å². The first-order valence-corrected chi connectivity index (χ1v) is 8.03. The van der Waals surface area contributed by atoms with Crippen LogP contribution < -0.4 is 5.73 Å². The van der Waals surface area contributed by atoms with Crippen molar-refractivity contribution in [1.29, 1.82) is 0 Å². The predicted octanol–water partition coefficient (Wildman–Crippen LogP) is 1.31. The van der Waals surface area contributed by atoms with E-state index in [-0.39, 0.29) is 17.8 Å². The number of nitrogens with two attached hydrogens (primary N) is 1. The summed E-state index contributed by atoms with van der Waals surface area (Å²) in [6.07, 6.45) is 0. The second-order valence-electron chi connectivity index (χ2n) is 6.80. The van der Waals surface area contributed by atoms with Gasteiger partial charge in [0.1, 0.15) is 0 Å². The zero-order valence-electron chi connectivity index (χ0n) is 13.8. The maximum Gasteiger partial charge on any atom is 0.312 e. The normalized spacial score (nSPS) is 25.9. The molecule has 2 fully saturated rings. The van der Waals surface area contributed by atoms with Crippen molar-refractivity contribution in [2.75, 3.05) is 32.0 Å². The van der Waals surface area contributed by atoms with Crippen LogP contribution in [-0.2, 0) is 10.2 Å². The minimum absolute atomic E-state index is 0.0272. The van der Waals surface area contributed by atoms with Crippen molar-refractivity contribution in [2.24, 2.45) is 5.92 Å². The number of ether oxygens (including phenoxy) is 1. The Hall–Kier alpha value is -2.41. The number of carbonyl (C=O) groups is 1. The van der Waals surface area contributed by atoms with E-state index < -0.39 is 5.41 Å². The summed E-state index contributed by atoms with van der Waals surface area (Å²) in [6, 6.07) is 5.85. The van der Waals surface area contributed by atoms with E-state index in [1.165, 1.54) is 5.56 Å². The summed E-state index contributed by atoms with van der Waals surface area (Å²) in [4.78, 5) is 14.8. The molecule has 1 aromatic heterocycles. The molecule has 2 aromatic rings. The second kappa shape index (κ2) is 5.31. The van der Waals surface area contributed by atoms with Gasteiger partial charge in [0.2, 0.25) is 5.89 Å². The van der Waals surface area contributed by atoms with E-state index in [1.807, 2.05) is 36.9 Å². The zero-order valence-corrected chi connectivity index (χ0v) is 13.8. The maximum absolute atomic E-state index is 12.9. The minimum Gasteiger partial charge on any atom is -0.407 e. The average Bonchev–Trinajstić information content (AvgIpc) is 3.22. The zero-order chi connectivity index (χ0) is 16.9. The Kier molecular flexibility index (Phi) is 3.35. The molecule has 2 saturated heterocycles. The third kappa shape index (κ3) is 2.19. The first-order valence-electron chi connectivity index (χ1n) is 8.03. The molecule has 0 bridgehead atoms. The van der Waals surface area contributed by atoms with Gasteiger partial charge in [-0.15, -0.1) is 5.10 Å². The SMILES string of the molecule is Cc1ccc(C(=O)N2C[C@H]3COC[C@@]3(c3nnc(N)o3)C2)cc1C. The Labute approximate surface area is 139 Å². The Morgan fingerprint density at radius 1 is 1.33 bits per heavy atom. The van der Waals surface area contributed by atoms with Crippen molar-refractivity contribution in [3.63, 3.8) is 0 Å². The molecule has 2 aliphatic rings. The summed E-state index contributed by atoms with van der Waals surface area (Å²) in [5.74, 6) is 0.644. The van der Waals surface area contributed by atoms with E-state index in [0.29, 0.717) is 37.8 Å². The fourth-order valence-electron chi connectivity index (χ4n) is 3.69. The van der Waals surface area contributed by atoms with Crippen LogP contribution in [0.4, 0.5) is 6.01 Å². The molecule has 24 heavy (non-hydrogen) atoms. The lowest BCUT2D eigenvalue weighted by molar-refractivity contribution is 0.0738. The Morgan fingerprint density at radius 2 is 2.17 bits per heavy atom. The number of likely N-dealkylation sites (tertiary alicyclic amines) is 1. The fraction of sp³-hybridized carbons (Fsp3) is 0.471. The van der Waals surface area contributed by atoms with Gasteiger partial charge >= 0.3 is 6.01 Å². The van der Waals surface area contributed by atoms with Crippen LogP contribution in [0.15, 0.2) is 22.6 Å². The molecule has 3 heterocycles. The molecule has 2 atom stereocenters. The van der Waals surface area contributed by atoms with E-state index in [2.05, 4.69) is 10.2 Å². The number of aryl methyl sites for hydroxylation is 2. The molecule has 4 rings (SSSR count). The van der Waals surface area contributed by atoms with Gasteiger partial charge in [-0.1, -0.05) is 11.2 Å². The first-order chi connectivity index (χ1) is 11.5. The number of amides is 1. The van der Waals surface area contributed by atoms with Crippen LogP contribution in [0.1, 0.15) is 27.4 Å². The summed E-state index contributed by atoms with van der Waals surface area (Å²) >= 11 is 0. The Morgan fingerprint density at radius 3 is 2.88 bits per heavy atom. The topological polar surface area (TPSA) is 94.5 Å². The molecule has 0 saturated carbocycles. The summed E-state index contributed by atoms with van der Waals surface area (Å²) in [5.41, 5.74) is 8.13. The van der Waals surface area contributed by atoms with E-state index in [9.17, 15) is 4.79 Å². The number of nitrogen functional groups attached to an aromatic ring is 1. The molecule has 2 N–H and O–H groups in total. The van der Waals surface area contributed by atoms with Crippen LogP contribution in [0.25, 0.3) is 0 Å². The largest absolute Gasteiger partial charge is 0.407 e. The van der Waals surface area contributed by atoms with Gasteiger partial charge in [-0.2, -0.15) is 0 Å². The number of benzene rings is 1. The number of fused-ring (bicyclic) bond motifs is 1. The third-order valence-electron chi connectivity index (χ3n) is 5.28. The molecule has 2 aliphatic heterocycles. The van der Waals surface area contributed by atoms with Gasteiger partial charge in [0, 0.05) is 24.6 Å². The molecular formula is C17H20N4O3. The van der Waals surface area contributed by atoms with Gasteiger partial charge in [-0.3, -0.25) is 4.79 Å². The fourth-order valence-corrected chi connectivity index (χ4v) is 3.69. The van der Waals surface area contributed by atoms with Crippen molar-refractivity contribution in [2.45, 2.75) is 19.3 Å². The van der Waals surface area contributed by atoms with Gasteiger partial charge in [-0.05, 0) is 37.1 Å². The van der Waals surface area contributed by atoms with Crippen LogP contribution >= 0.6 is 0 Å². The molecular weight excluding hydrogens is 308 g/mol. The van der Waals surface area contributed by atoms with Gasteiger partial charge < -0.3 is 19.8 Å². The van der Waals surface area contributed by atoms with Crippen LogP contribution in [0.5, 0.6) is 0 Å². The third-order valence-corrected chi connectivity index (χ3v) is 5.28. The molecule has 1 aromatic carbocycles. The molecule has 1 amide bonds. The monoisotopic (exact) mass is 328 g/mol. The maximum atomic E-state index is 12.9.